The lowest BCUT2D eigenvalue weighted by molar-refractivity contribution is -0.384. The molecule has 0 aromatic heterocycles. The summed E-state index contributed by atoms with van der Waals surface area (Å²) in [7, 11) is 0. The summed E-state index contributed by atoms with van der Waals surface area (Å²) in [5.74, 6) is -0.160. The van der Waals surface area contributed by atoms with Crippen LogP contribution in [-0.2, 0) is 11.2 Å². The number of carbonyl (C=O) groups excluding carboxylic acids is 1. The van der Waals surface area contributed by atoms with E-state index in [0.29, 0.717) is 6.42 Å². The van der Waals surface area contributed by atoms with Crippen LogP contribution in [0.4, 0.5) is 5.69 Å². The summed E-state index contributed by atoms with van der Waals surface area (Å²) < 4.78 is 0. The fraction of sp³-hybridized carbons (Fsp3) is 0.462. The maximum absolute atomic E-state index is 11.3. The number of rotatable bonds is 5. The molecule has 18 heavy (non-hydrogen) atoms. The van der Waals surface area contributed by atoms with Crippen molar-refractivity contribution in [2.24, 2.45) is 5.92 Å². The van der Waals surface area contributed by atoms with Crippen LogP contribution in [0.2, 0.25) is 0 Å². The second-order valence-corrected chi connectivity index (χ2v) is 3.90. The lowest BCUT2D eigenvalue weighted by Crippen LogP contribution is -2.14. The number of hydrogen-bond acceptors (Lipinski definition) is 3. The molecule has 1 aromatic carbocycles. The highest BCUT2D eigenvalue weighted by Crippen LogP contribution is 2.15. The van der Waals surface area contributed by atoms with Crippen LogP contribution in [0.15, 0.2) is 24.3 Å². The van der Waals surface area contributed by atoms with Crippen molar-refractivity contribution >= 4 is 23.1 Å². The van der Waals surface area contributed by atoms with E-state index in [9.17, 15) is 14.9 Å². The van der Waals surface area contributed by atoms with E-state index in [-0.39, 0.29) is 23.3 Å². The largest absolute Gasteiger partial charge is 0.298 e. The fourth-order valence-electron chi connectivity index (χ4n) is 1.35. The van der Waals surface area contributed by atoms with Gasteiger partial charge in [0.2, 0.25) is 0 Å². The van der Waals surface area contributed by atoms with Crippen molar-refractivity contribution in [3.05, 3.63) is 39.9 Å². The van der Waals surface area contributed by atoms with Crippen LogP contribution in [0.25, 0.3) is 0 Å². The summed E-state index contributed by atoms with van der Waals surface area (Å²) in [5.41, 5.74) is 0.955. The molecule has 4 nitrogen and oxygen atoms in total. The number of Topliss-reactive ketones (excluding diaryl/α,β-unsaturated/α-hetero) is 1. The van der Waals surface area contributed by atoms with Gasteiger partial charge in [-0.1, -0.05) is 32.9 Å². The van der Waals surface area contributed by atoms with Crippen LogP contribution in [0.3, 0.4) is 0 Å². The van der Waals surface area contributed by atoms with E-state index in [4.69, 9.17) is 11.6 Å². The van der Waals surface area contributed by atoms with E-state index >= 15 is 0 Å². The number of nitro benzene ring substituents is 1. The Bertz CT molecular complexity index is 390. The lowest BCUT2D eigenvalue weighted by Gasteiger charge is -2.07. The standard InChI is InChI=1S/C11H12ClNO3.C2H6/c1-8(11(14)7-12)6-9-2-4-10(5-3-9)13(15)16;1-2/h2-5,8H,6-7H2,1H3;1-2H3/t8-;/m0./s1. The Labute approximate surface area is 112 Å². The van der Waals surface area contributed by atoms with Gasteiger partial charge in [-0.25, -0.2) is 0 Å². The number of carbonyl (C=O) groups is 1. The quantitative estimate of drug-likeness (QED) is 0.467. The molecule has 0 bridgehead atoms. The summed E-state index contributed by atoms with van der Waals surface area (Å²) in [4.78, 5) is 21.2. The molecule has 0 saturated carbocycles. The molecule has 0 radical (unpaired) electrons. The predicted molar refractivity (Wildman–Crippen MR) is 73.0 cm³/mol. The van der Waals surface area contributed by atoms with Gasteiger partial charge in [-0.05, 0) is 12.0 Å². The van der Waals surface area contributed by atoms with Crippen LogP contribution < -0.4 is 0 Å². The third-order valence-electron chi connectivity index (χ3n) is 2.37. The monoisotopic (exact) mass is 271 g/mol. The molecular formula is C13H18ClNO3. The second kappa shape index (κ2) is 8.64. The van der Waals surface area contributed by atoms with Crippen molar-refractivity contribution < 1.29 is 9.72 Å². The van der Waals surface area contributed by atoms with Gasteiger partial charge in [0, 0.05) is 18.1 Å². The summed E-state index contributed by atoms with van der Waals surface area (Å²) in [6.45, 7) is 5.80. The summed E-state index contributed by atoms with van der Waals surface area (Å²) in [5, 5.41) is 10.4. The minimum Gasteiger partial charge on any atom is -0.298 e. The normalized spacial score (nSPS) is 11.1. The Kier molecular flexibility index (Phi) is 7.96. The Hall–Kier alpha value is -1.42. The highest BCUT2D eigenvalue weighted by molar-refractivity contribution is 6.27. The zero-order valence-electron chi connectivity index (χ0n) is 10.9. The van der Waals surface area contributed by atoms with Gasteiger partial charge in [0.25, 0.3) is 5.69 Å². The SMILES string of the molecule is CC.C[C@@H](Cc1ccc([N+](=O)[O-])cc1)C(=O)CCl. The molecule has 0 N–H and O–H groups in total. The number of non-ortho nitro benzene ring substituents is 1. The highest BCUT2D eigenvalue weighted by atomic mass is 35.5. The third-order valence-corrected chi connectivity index (χ3v) is 2.63. The molecule has 0 amide bonds. The molecule has 0 unspecified atom stereocenters. The van der Waals surface area contributed by atoms with E-state index in [1.54, 1.807) is 19.1 Å². The molecule has 0 aliphatic rings. The molecule has 1 aromatic rings. The van der Waals surface area contributed by atoms with Gasteiger partial charge in [-0.15, -0.1) is 11.6 Å². The molecular weight excluding hydrogens is 254 g/mol. The first-order chi connectivity index (χ1) is 8.54. The predicted octanol–water partition coefficient (Wildman–Crippen LogP) is 3.61. The van der Waals surface area contributed by atoms with Gasteiger partial charge >= 0.3 is 0 Å². The van der Waals surface area contributed by atoms with E-state index < -0.39 is 4.92 Å². The molecule has 0 saturated heterocycles. The smallest absolute Gasteiger partial charge is 0.269 e. The number of ketones is 1. The second-order valence-electron chi connectivity index (χ2n) is 3.63. The van der Waals surface area contributed by atoms with Crippen LogP contribution in [0, 0.1) is 16.0 Å². The molecule has 0 aliphatic heterocycles. The van der Waals surface area contributed by atoms with Gasteiger partial charge in [-0.2, -0.15) is 0 Å². The van der Waals surface area contributed by atoms with Crippen LogP contribution in [0.5, 0.6) is 0 Å². The van der Waals surface area contributed by atoms with E-state index in [1.165, 1.54) is 12.1 Å². The van der Waals surface area contributed by atoms with Crippen LogP contribution >= 0.6 is 11.6 Å². The van der Waals surface area contributed by atoms with Gasteiger partial charge in [0.15, 0.2) is 5.78 Å². The van der Waals surface area contributed by atoms with Crippen molar-refractivity contribution in [2.45, 2.75) is 27.2 Å². The number of hydrogen-bond donors (Lipinski definition) is 0. The maximum atomic E-state index is 11.3. The van der Waals surface area contributed by atoms with E-state index in [0.717, 1.165) is 5.56 Å². The molecule has 1 rings (SSSR count). The van der Waals surface area contributed by atoms with E-state index in [1.807, 2.05) is 13.8 Å². The molecule has 5 heteroatoms. The van der Waals surface area contributed by atoms with Crippen LogP contribution in [0.1, 0.15) is 26.3 Å². The Morgan fingerprint density at radius 1 is 1.33 bits per heavy atom. The highest BCUT2D eigenvalue weighted by Gasteiger charge is 2.13. The first-order valence-corrected chi connectivity index (χ1v) is 6.40. The molecule has 0 fully saturated rings. The van der Waals surface area contributed by atoms with Gasteiger partial charge in [0.1, 0.15) is 0 Å². The summed E-state index contributed by atoms with van der Waals surface area (Å²) >= 11 is 5.44. The van der Waals surface area contributed by atoms with Gasteiger partial charge in [-0.3, -0.25) is 14.9 Å². The molecule has 100 valence electrons. The fourth-order valence-corrected chi connectivity index (χ4v) is 1.62. The zero-order valence-corrected chi connectivity index (χ0v) is 11.6. The summed E-state index contributed by atoms with van der Waals surface area (Å²) in [6.07, 6.45) is 0.559. The van der Waals surface area contributed by atoms with Gasteiger partial charge < -0.3 is 0 Å². The maximum Gasteiger partial charge on any atom is 0.269 e. The van der Waals surface area contributed by atoms with Crippen molar-refractivity contribution in [1.29, 1.82) is 0 Å². The Morgan fingerprint density at radius 3 is 2.22 bits per heavy atom. The summed E-state index contributed by atoms with van der Waals surface area (Å²) in [6, 6.07) is 6.20. The van der Waals surface area contributed by atoms with Crippen molar-refractivity contribution in [1.82, 2.24) is 0 Å². The minimum absolute atomic E-state index is 0.00808. The number of benzene rings is 1. The molecule has 0 aliphatic carbocycles. The number of halogens is 1. The number of alkyl halides is 1. The number of nitrogens with zero attached hydrogens (tertiary/aromatic N) is 1. The lowest BCUT2D eigenvalue weighted by atomic mass is 9.98. The first kappa shape index (κ1) is 16.6. The van der Waals surface area contributed by atoms with Crippen molar-refractivity contribution in [2.75, 3.05) is 5.88 Å². The molecule has 0 spiro atoms. The average molecular weight is 272 g/mol. The average Bonchev–Trinajstić information content (AvgIpc) is 2.40. The minimum atomic E-state index is -0.447. The van der Waals surface area contributed by atoms with E-state index in [2.05, 4.69) is 0 Å². The van der Waals surface area contributed by atoms with Crippen molar-refractivity contribution in [3.8, 4) is 0 Å². The van der Waals surface area contributed by atoms with Crippen LogP contribution in [-0.4, -0.2) is 16.6 Å². The molecule has 0 heterocycles. The third kappa shape index (κ3) is 5.27. The Morgan fingerprint density at radius 2 is 1.83 bits per heavy atom. The number of nitro groups is 1. The first-order valence-electron chi connectivity index (χ1n) is 5.86. The molecule has 1 atom stereocenters. The van der Waals surface area contributed by atoms with Gasteiger partial charge in [0.05, 0.1) is 10.8 Å². The topological polar surface area (TPSA) is 60.2 Å². The Balaban J connectivity index is 0.00000137. The zero-order chi connectivity index (χ0) is 14.1. The van der Waals surface area contributed by atoms with Crippen molar-refractivity contribution in [3.63, 3.8) is 0 Å².